The Morgan fingerprint density at radius 1 is 1.20 bits per heavy atom. The van der Waals surface area contributed by atoms with Crippen LogP contribution in [-0.4, -0.2) is 4.92 Å². The molecule has 4 nitrogen and oxygen atoms in total. The summed E-state index contributed by atoms with van der Waals surface area (Å²) in [5, 5.41) is 20.1. The normalized spacial score (nSPS) is 10.9. The third-order valence-corrected chi connectivity index (χ3v) is 2.72. The molecule has 0 saturated heterocycles. The predicted octanol–water partition coefficient (Wildman–Crippen LogP) is 3.80. The van der Waals surface area contributed by atoms with Crippen LogP contribution in [0.5, 0.6) is 0 Å². The van der Waals surface area contributed by atoms with Gasteiger partial charge in [-0.2, -0.15) is 5.26 Å². The van der Waals surface area contributed by atoms with Gasteiger partial charge >= 0.3 is 0 Å². The number of rotatable bonds is 3. The second-order valence-electron chi connectivity index (χ2n) is 3.97. The molecule has 0 atom stereocenters. The van der Waals surface area contributed by atoms with Crippen molar-refractivity contribution < 1.29 is 9.31 Å². The van der Waals surface area contributed by atoms with Crippen LogP contribution in [0, 0.1) is 27.3 Å². The first-order chi connectivity index (χ1) is 9.63. The van der Waals surface area contributed by atoms with Gasteiger partial charge in [-0.25, -0.2) is 4.39 Å². The molecule has 2 aromatic carbocycles. The highest BCUT2D eigenvalue weighted by molar-refractivity contribution is 5.91. The molecular formula is C15H9FN2O2. The fraction of sp³-hybridized carbons (Fsp3) is 0. The molecule has 0 N–H and O–H groups in total. The third kappa shape index (κ3) is 2.70. The fourth-order valence-corrected chi connectivity index (χ4v) is 1.78. The minimum absolute atomic E-state index is 0.0393. The van der Waals surface area contributed by atoms with Crippen LogP contribution < -0.4 is 0 Å². The zero-order valence-electron chi connectivity index (χ0n) is 10.3. The molecular weight excluding hydrogens is 259 g/mol. The van der Waals surface area contributed by atoms with Crippen LogP contribution in [0.25, 0.3) is 11.6 Å². The topological polar surface area (TPSA) is 66.9 Å². The first-order valence-corrected chi connectivity index (χ1v) is 5.73. The number of nitrogens with zero attached hydrogens (tertiary/aromatic N) is 2. The van der Waals surface area contributed by atoms with Gasteiger partial charge in [0, 0.05) is 11.6 Å². The summed E-state index contributed by atoms with van der Waals surface area (Å²) < 4.78 is 13.7. The summed E-state index contributed by atoms with van der Waals surface area (Å²) in [6.45, 7) is 0. The molecule has 0 aliphatic carbocycles. The minimum atomic E-state index is -0.543. The van der Waals surface area contributed by atoms with E-state index in [1.807, 2.05) is 6.07 Å². The van der Waals surface area contributed by atoms with Crippen molar-refractivity contribution in [2.45, 2.75) is 0 Å². The number of nitro groups is 1. The van der Waals surface area contributed by atoms with Crippen molar-refractivity contribution in [1.82, 2.24) is 0 Å². The zero-order valence-corrected chi connectivity index (χ0v) is 10.3. The van der Waals surface area contributed by atoms with Crippen LogP contribution >= 0.6 is 0 Å². The van der Waals surface area contributed by atoms with Crippen molar-refractivity contribution in [1.29, 1.82) is 5.26 Å². The average Bonchev–Trinajstić information content (AvgIpc) is 2.46. The molecule has 2 rings (SSSR count). The number of hydrogen-bond donors (Lipinski definition) is 0. The lowest BCUT2D eigenvalue weighted by atomic mass is 10.0. The Morgan fingerprint density at radius 2 is 1.85 bits per heavy atom. The van der Waals surface area contributed by atoms with E-state index in [-0.39, 0.29) is 22.4 Å². The van der Waals surface area contributed by atoms with Crippen molar-refractivity contribution in [3.63, 3.8) is 0 Å². The Labute approximate surface area is 114 Å². The van der Waals surface area contributed by atoms with Gasteiger partial charge in [0.15, 0.2) is 0 Å². The van der Waals surface area contributed by atoms with E-state index in [0.29, 0.717) is 0 Å². The number of nitriles is 1. The average molecular weight is 268 g/mol. The highest BCUT2D eigenvalue weighted by Crippen LogP contribution is 2.25. The molecule has 0 saturated carbocycles. The van der Waals surface area contributed by atoms with Crippen LogP contribution in [-0.2, 0) is 0 Å². The maximum atomic E-state index is 13.7. The van der Waals surface area contributed by atoms with Crippen LogP contribution in [0.1, 0.15) is 11.1 Å². The molecule has 0 aliphatic rings. The Hall–Kier alpha value is -3.00. The molecule has 0 radical (unpaired) electrons. The van der Waals surface area contributed by atoms with E-state index in [4.69, 9.17) is 5.26 Å². The van der Waals surface area contributed by atoms with Crippen LogP contribution in [0.3, 0.4) is 0 Å². The Bertz CT molecular complexity index is 733. The molecule has 0 fully saturated rings. The summed E-state index contributed by atoms with van der Waals surface area (Å²) >= 11 is 0. The predicted molar refractivity (Wildman–Crippen MR) is 73.0 cm³/mol. The molecule has 0 unspecified atom stereocenters. The lowest BCUT2D eigenvalue weighted by Gasteiger charge is -2.02. The SMILES string of the molecule is N#C/C(=C/c1ccccc1[N+](=O)[O-])c1ccccc1F. The van der Waals surface area contributed by atoms with E-state index in [1.165, 1.54) is 42.5 Å². The van der Waals surface area contributed by atoms with E-state index < -0.39 is 10.7 Å². The molecule has 5 heteroatoms. The highest BCUT2D eigenvalue weighted by Gasteiger charge is 2.13. The van der Waals surface area contributed by atoms with Gasteiger partial charge in [0.1, 0.15) is 5.82 Å². The van der Waals surface area contributed by atoms with E-state index in [0.717, 1.165) is 0 Å². The van der Waals surface area contributed by atoms with Gasteiger partial charge in [0.05, 0.1) is 22.1 Å². The number of benzene rings is 2. The molecule has 2 aromatic rings. The van der Waals surface area contributed by atoms with Crippen LogP contribution in [0.4, 0.5) is 10.1 Å². The summed E-state index contributed by atoms with van der Waals surface area (Å²) in [4.78, 5) is 10.4. The van der Waals surface area contributed by atoms with Crippen molar-refractivity contribution in [3.05, 3.63) is 75.6 Å². The number of allylic oxidation sites excluding steroid dienone is 1. The van der Waals surface area contributed by atoms with E-state index in [2.05, 4.69) is 0 Å². The second-order valence-corrected chi connectivity index (χ2v) is 3.97. The van der Waals surface area contributed by atoms with Gasteiger partial charge in [0.25, 0.3) is 5.69 Å². The largest absolute Gasteiger partial charge is 0.276 e. The number of hydrogen-bond acceptors (Lipinski definition) is 3. The standard InChI is InChI=1S/C15H9FN2O2/c16-14-7-3-2-6-13(14)12(10-17)9-11-5-1-4-8-15(11)18(19)20/h1-9H/b12-9-. The zero-order chi connectivity index (χ0) is 14.5. The summed E-state index contributed by atoms with van der Waals surface area (Å²) in [7, 11) is 0. The van der Waals surface area contributed by atoms with E-state index in [1.54, 1.807) is 12.1 Å². The van der Waals surface area contributed by atoms with Crippen LogP contribution in [0.2, 0.25) is 0 Å². The van der Waals surface area contributed by atoms with E-state index >= 15 is 0 Å². The minimum Gasteiger partial charge on any atom is -0.258 e. The molecule has 0 aliphatic heterocycles. The van der Waals surface area contributed by atoms with Gasteiger partial charge in [-0.05, 0) is 18.2 Å². The maximum Gasteiger partial charge on any atom is 0.276 e. The fourth-order valence-electron chi connectivity index (χ4n) is 1.78. The smallest absolute Gasteiger partial charge is 0.258 e. The summed E-state index contributed by atoms with van der Waals surface area (Å²) in [6, 6.07) is 13.7. The lowest BCUT2D eigenvalue weighted by molar-refractivity contribution is -0.385. The summed E-state index contributed by atoms with van der Waals surface area (Å²) in [6.07, 6.45) is 1.32. The van der Waals surface area contributed by atoms with Gasteiger partial charge in [-0.15, -0.1) is 0 Å². The molecule has 0 heterocycles. The van der Waals surface area contributed by atoms with Crippen molar-refractivity contribution in [2.24, 2.45) is 0 Å². The van der Waals surface area contributed by atoms with Gasteiger partial charge in [-0.3, -0.25) is 10.1 Å². The van der Waals surface area contributed by atoms with Gasteiger partial charge < -0.3 is 0 Å². The first-order valence-electron chi connectivity index (χ1n) is 5.73. The Balaban J connectivity index is 2.57. The summed E-state index contributed by atoms with van der Waals surface area (Å²) in [5.74, 6) is -0.543. The first kappa shape index (κ1) is 13.4. The number of halogens is 1. The van der Waals surface area contributed by atoms with Gasteiger partial charge in [-0.1, -0.05) is 30.3 Å². The number of para-hydroxylation sites is 1. The van der Waals surface area contributed by atoms with Crippen molar-refractivity contribution in [2.75, 3.05) is 0 Å². The Morgan fingerprint density at radius 3 is 2.50 bits per heavy atom. The summed E-state index contributed by atoms with van der Waals surface area (Å²) in [5.41, 5.74) is 0.291. The molecule has 20 heavy (non-hydrogen) atoms. The van der Waals surface area contributed by atoms with Crippen molar-refractivity contribution >= 4 is 17.3 Å². The van der Waals surface area contributed by atoms with Crippen LogP contribution in [0.15, 0.2) is 48.5 Å². The molecule has 0 bridgehead atoms. The highest BCUT2D eigenvalue weighted by atomic mass is 19.1. The number of nitro benzene ring substituents is 1. The second kappa shape index (κ2) is 5.76. The van der Waals surface area contributed by atoms with E-state index in [9.17, 15) is 14.5 Å². The lowest BCUT2D eigenvalue weighted by Crippen LogP contribution is -1.92. The molecule has 0 amide bonds. The molecule has 0 spiro atoms. The molecule has 98 valence electrons. The monoisotopic (exact) mass is 268 g/mol. The van der Waals surface area contributed by atoms with Crippen molar-refractivity contribution in [3.8, 4) is 6.07 Å². The maximum absolute atomic E-state index is 13.7. The van der Waals surface area contributed by atoms with Gasteiger partial charge in [0.2, 0.25) is 0 Å². The Kier molecular flexibility index (Phi) is 3.87. The third-order valence-electron chi connectivity index (χ3n) is 2.72. The molecule has 0 aromatic heterocycles. The quantitative estimate of drug-likeness (QED) is 0.368.